The molecule has 1 aliphatic heterocycles. The first kappa shape index (κ1) is 57.7. The third-order valence-corrected chi connectivity index (χ3v) is 21.6. The number of aromatic nitrogens is 2. The number of allylic oxidation sites excluding steroid dienone is 1. The maximum Gasteiger partial charge on any atom is 0.116 e. The number of hydrogen-bond donors (Lipinski definition) is 0. The molecule has 12 heteroatoms. The molecule has 76 heavy (non-hydrogen) atoms. The van der Waals surface area contributed by atoms with Gasteiger partial charge in [0.2, 0.25) is 0 Å². The minimum atomic E-state index is 0.229. The van der Waals surface area contributed by atoms with Crippen LogP contribution >= 0.6 is 57.1 Å². The van der Waals surface area contributed by atoms with Gasteiger partial charge in [0, 0.05) is 62.0 Å². The molecule has 1 aromatic carbocycles. The lowest BCUT2D eigenvalue weighted by Gasteiger charge is -2.34. The molecule has 0 radical (unpaired) electrons. The van der Waals surface area contributed by atoms with Gasteiger partial charge in [-0.2, -0.15) is 17.5 Å². The van der Waals surface area contributed by atoms with Crippen LogP contribution in [-0.4, -0.2) is 34.2 Å². The monoisotopic (exact) mass is 1130 g/mol. The zero-order valence-corrected chi connectivity index (χ0v) is 51.0. The van der Waals surface area contributed by atoms with E-state index in [-0.39, 0.29) is 12.2 Å². The van der Waals surface area contributed by atoms with Crippen molar-refractivity contribution in [3.63, 3.8) is 0 Å². The minimum absolute atomic E-state index is 0.229. The molecule has 5 aromatic heterocycles. The van der Waals surface area contributed by atoms with Crippen molar-refractivity contribution in [3.8, 4) is 0 Å². The fourth-order valence-electron chi connectivity index (χ4n) is 11.9. The number of thiophene rings is 4. The van der Waals surface area contributed by atoms with E-state index in [1.807, 2.05) is 34.0 Å². The van der Waals surface area contributed by atoms with E-state index in [0.717, 1.165) is 96.3 Å². The van der Waals surface area contributed by atoms with Crippen LogP contribution in [0.5, 0.6) is 0 Å². The lowest BCUT2D eigenvalue weighted by molar-refractivity contribution is -0.0563. The highest BCUT2D eigenvalue weighted by Crippen LogP contribution is 2.42. The minimum Gasteiger partial charge on any atom is -0.378 e. The molecular weight excluding hydrogens is 1050 g/mol. The molecule has 3 atom stereocenters. The van der Waals surface area contributed by atoms with Gasteiger partial charge < -0.3 is 9.47 Å². The number of hydrogen-bond acceptors (Lipinski definition) is 11. The van der Waals surface area contributed by atoms with E-state index < -0.39 is 0 Å². The van der Waals surface area contributed by atoms with Gasteiger partial charge in [0.15, 0.2) is 0 Å². The van der Waals surface area contributed by atoms with E-state index in [9.17, 15) is 0 Å². The SMILES string of the molecule is C=c1cc2c(s1)=c1s/c(=c3\cc/c(=c4\c5c(/c(=c6/ccc(=C)s6)c6nsnc46)N=S=N5)s3)cc1/C2=C\C1CC(OCCCCCCCCCCCCCCCC)C[C@@H](OCCCCCCCCCCCCCCCC)C1. The van der Waals surface area contributed by atoms with Crippen LogP contribution in [0.3, 0.4) is 0 Å². The molecule has 0 amide bonds. The Balaban J connectivity index is 0.864. The molecule has 3 aliphatic rings. The van der Waals surface area contributed by atoms with E-state index in [2.05, 4.69) is 69.5 Å². The zero-order valence-electron chi connectivity index (χ0n) is 46.1. The van der Waals surface area contributed by atoms with Crippen LogP contribution in [0, 0.1) is 43.5 Å². The normalized spacial score (nSPS) is 18.8. The van der Waals surface area contributed by atoms with Crippen molar-refractivity contribution in [2.24, 2.45) is 14.6 Å². The van der Waals surface area contributed by atoms with E-state index >= 15 is 0 Å². The molecule has 9 rings (SSSR count). The van der Waals surface area contributed by atoms with Crippen LogP contribution in [0.25, 0.3) is 29.8 Å². The highest BCUT2D eigenvalue weighted by Gasteiger charge is 2.31. The third kappa shape index (κ3) is 15.7. The van der Waals surface area contributed by atoms with Crippen LogP contribution in [0.2, 0.25) is 0 Å². The summed E-state index contributed by atoms with van der Waals surface area (Å²) >= 11 is 9.76. The van der Waals surface area contributed by atoms with Crippen LogP contribution < -0.4 is 9.06 Å². The Bertz CT molecular complexity index is 3360. The molecule has 410 valence electrons. The highest BCUT2D eigenvalue weighted by atomic mass is 32.1. The van der Waals surface area contributed by atoms with Gasteiger partial charge in [-0.1, -0.05) is 200 Å². The Labute approximate surface area is 477 Å². The Hall–Kier alpha value is -2.94. The quantitative estimate of drug-likeness (QED) is 0.0385. The smallest absolute Gasteiger partial charge is 0.116 e. The van der Waals surface area contributed by atoms with Gasteiger partial charge in [0.1, 0.15) is 22.4 Å². The third-order valence-electron chi connectivity index (χ3n) is 16.0. The summed E-state index contributed by atoms with van der Waals surface area (Å²) in [6.07, 6.45) is 44.7. The number of fused-ring (bicyclic) bond motifs is 4. The van der Waals surface area contributed by atoms with Crippen LogP contribution in [0.1, 0.15) is 224 Å². The summed E-state index contributed by atoms with van der Waals surface area (Å²) < 4.78 is 42.8. The van der Waals surface area contributed by atoms with Gasteiger partial charge in [-0.15, -0.1) is 45.3 Å². The van der Waals surface area contributed by atoms with Crippen molar-refractivity contribution in [2.75, 3.05) is 13.2 Å². The van der Waals surface area contributed by atoms with Crippen LogP contribution in [0.15, 0.2) is 51.2 Å². The van der Waals surface area contributed by atoms with Gasteiger partial charge in [0.05, 0.1) is 44.4 Å². The van der Waals surface area contributed by atoms with Crippen molar-refractivity contribution < 1.29 is 9.47 Å². The first-order valence-corrected chi connectivity index (χ1v) is 34.7. The first-order chi connectivity index (χ1) is 37.5. The molecule has 0 spiro atoms. The lowest BCUT2D eigenvalue weighted by Crippen LogP contribution is -2.33. The second kappa shape index (κ2) is 30.6. The van der Waals surface area contributed by atoms with Crippen molar-refractivity contribution >= 4 is 110 Å². The van der Waals surface area contributed by atoms with Crippen molar-refractivity contribution in [1.82, 2.24) is 8.75 Å². The Morgan fingerprint density at radius 1 is 0.474 bits per heavy atom. The summed E-state index contributed by atoms with van der Waals surface area (Å²) in [4.78, 5) is 0. The van der Waals surface area contributed by atoms with Gasteiger partial charge >= 0.3 is 0 Å². The fourth-order valence-corrected chi connectivity index (χ4v) is 17.3. The standard InChI is InChI=1S/C64H86N4O2S6/c1-5-7-9-11-13-15-17-19-21-23-25-27-29-31-37-69-48-40-47(41-49(43-48)70-38-32-30-28-26-24-22-20-18-16-14-12-10-8-6-2)42-50-51-39-46(4)72-63(51)64-52(50)44-56(74-64)53-35-36-55(73-53)58-61-59(65-75-67-61)57(54-34-33-45(3)71-54)60-62(58)68-76-66-60/h33-36,39,42,44,47-49H,3-32,37-38,40-41,43H2,1-2H3/b50-42-,56-53+,57-54-,58-55+/t47?,48-,49?/m0/s1. The Morgan fingerprint density at radius 3 is 1.42 bits per heavy atom. The van der Waals surface area contributed by atoms with Crippen molar-refractivity contribution in [3.05, 3.63) is 100 Å². The van der Waals surface area contributed by atoms with Crippen LogP contribution in [0.4, 0.5) is 11.4 Å². The molecular formula is C64H86N4O2S6. The van der Waals surface area contributed by atoms with Crippen LogP contribution in [-0.2, 0) is 20.8 Å². The average Bonchev–Trinajstić information content (AvgIpc) is 4.33. The maximum absolute atomic E-state index is 6.83. The maximum atomic E-state index is 6.83. The molecule has 6 aromatic rings. The topological polar surface area (TPSA) is 69.0 Å². The van der Waals surface area contributed by atoms with Gasteiger partial charge in [0.25, 0.3) is 0 Å². The van der Waals surface area contributed by atoms with E-state index in [1.165, 1.54) is 225 Å². The molecule has 2 aliphatic carbocycles. The van der Waals surface area contributed by atoms with Crippen molar-refractivity contribution in [2.45, 2.75) is 225 Å². The second-order valence-corrected chi connectivity index (χ2v) is 27.6. The Kier molecular flexibility index (Phi) is 23.2. The Morgan fingerprint density at radius 2 is 0.921 bits per heavy atom. The summed E-state index contributed by atoms with van der Waals surface area (Å²) in [5.74, 6) is 0.385. The number of rotatable bonds is 33. The van der Waals surface area contributed by atoms with Gasteiger partial charge in [-0.05, 0) is 80.0 Å². The number of nitrogens with zero attached hydrogens (tertiary/aromatic N) is 4. The lowest BCUT2D eigenvalue weighted by atomic mass is 9.83. The predicted molar refractivity (Wildman–Crippen MR) is 332 cm³/mol. The van der Waals surface area contributed by atoms with E-state index in [0.29, 0.717) is 5.92 Å². The van der Waals surface area contributed by atoms with E-state index in [4.69, 9.17) is 26.9 Å². The molecule has 0 saturated heterocycles. The summed E-state index contributed by atoms with van der Waals surface area (Å²) in [5.41, 5.74) is 7.67. The summed E-state index contributed by atoms with van der Waals surface area (Å²) in [6, 6.07) is 13.5. The number of ether oxygens (including phenoxy) is 2. The summed E-state index contributed by atoms with van der Waals surface area (Å²) in [7, 11) is 0. The molecule has 0 N–H and O–H groups in total. The number of benzene rings is 1. The van der Waals surface area contributed by atoms with Crippen molar-refractivity contribution in [1.29, 1.82) is 0 Å². The molecule has 1 fully saturated rings. The average molecular weight is 1140 g/mol. The summed E-state index contributed by atoms with van der Waals surface area (Å²) in [6.45, 7) is 15.0. The molecule has 1 saturated carbocycles. The second-order valence-electron chi connectivity index (χ2n) is 22.1. The predicted octanol–water partition coefficient (Wildman–Crippen LogP) is 19.9. The largest absolute Gasteiger partial charge is 0.378 e. The molecule has 6 nitrogen and oxygen atoms in total. The zero-order chi connectivity index (χ0) is 52.3. The molecule has 6 heterocycles. The van der Waals surface area contributed by atoms with E-state index in [1.54, 1.807) is 11.3 Å². The first-order valence-electron chi connectivity index (χ1n) is 30.0. The molecule has 0 bridgehead atoms. The summed E-state index contributed by atoms with van der Waals surface area (Å²) in [5, 5.41) is 2.05. The van der Waals surface area contributed by atoms with Gasteiger partial charge in [-0.25, -0.2) is 0 Å². The van der Waals surface area contributed by atoms with Gasteiger partial charge in [-0.3, -0.25) is 0 Å². The number of unbranched alkanes of at least 4 members (excludes halogenated alkanes) is 26. The molecule has 2 unspecified atom stereocenters. The highest BCUT2D eigenvalue weighted by molar-refractivity contribution is 7.58. The fraction of sp³-hybridized carbons (Fsp3) is 0.594.